The summed E-state index contributed by atoms with van der Waals surface area (Å²) in [5, 5.41) is 13.1. The average molecular weight is 371 g/mol. The van der Waals surface area contributed by atoms with Crippen LogP contribution in [0.3, 0.4) is 0 Å². The van der Waals surface area contributed by atoms with Crippen molar-refractivity contribution in [3.05, 3.63) is 22.3 Å². The molecule has 7 nitrogen and oxygen atoms in total. The minimum atomic E-state index is -1.10. The molecule has 0 atom stereocenters. The third kappa shape index (κ3) is 2.61. The lowest BCUT2D eigenvalue weighted by atomic mass is 10.1. The van der Waals surface area contributed by atoms with Crippen molar-refractivity contribution in [3.63, 3.8) is 0 Å². The monoisotopic (exact) mass is 370 g/mol. The summed E-state index contributed by atoms with van der Waals surface area (Å²) in [7, 11) is 6.19. The Hall–Kier alpha value is -2.22. The van der Waals surface area contributed by atoms with Crippen LogP contribution in [0, 0.1) is 0 Å². The van der Waals surface area contributed by atoms with Gasteiger partial charge in [-0.05, 0) is 28.1 Å². The minimum absolute atomic E-state index is 0.0544. The SMILES string of the molecule is COc1cc(Br)c(-c2cc(C(=O)O)nn2C)c(OC)c1OC. The number of ether oxygens (including phenoxy) is 3. The van der Waals surface area contributed by atoms with Crippen LogP contribution in [0.4, 0.5) is 0 Å². The summed E-state index contributed by atoms with van der Waals surface area (Å²) < 4.78 is 18.2. The molecule has 0 spiro atoms. The van der Waals surface area contributed by atoms with Crippen molar-refractivity contribution in [1.29, 1.82) is 0 Å². The fourth-order valence-electron chi connectivity index (χ4n) is 2.17. The second-order valence-electron chi connectivity index (χ2n) is 4.35. The van der Waals surface area contributed by atoms with Gasteiger partial charge in [-0.25, -0.2) is 4.79 Å². The number of methoxy groups -OCH3 is 3. The number of hydrogen-bond donors (Lipinski definition) is 1. The first-order valence-electron chi connectivity index (χ1n) is 6.20. The first-order valence-corrected chi connectivity index (χ1v) is 7.00. The van der Waals surface area contributed by atoms with Gasteiger partial charge in [-0.15, -0.1) is 0 Å². The van der Waals surface area contributed by atoms with E-state index in [4.69, 9.17) is 19.3 Å². The molecule has 0 unspecified atom stereocenters. The van der Waals surface area contributed by atoms with Gasteiger partial charge in [0.05, 0.1) is 32.6 Å². The molecule has 118 valence electrons. The Labute approximate surface area is 135 Å². The Morgan fingerprint density at radius 3 is 2.27 bits per heavy atom. The predicted molar refractivity (Wildman–Crippen MR) is 83.0 cm³/mol. The molecule has 0 saturated heterocycles. The van der Waals surface area contributed by atoms with Crippen LogP contribution in [0.15, 0.2) is 16.6 Å². The van der Waals surface area contributed by atoms with Crippen molar-refractivity contribution < 1.29 is 24.1 Å². The highest BCUT2D eigenvalue weighted by molar-refractivity contribution is 9.10. The molecule has 0 bridgehead atoms. The van der Waals surface area contributed by atoms with Crippen LogP contribution in [-0.2, 0) is 7.05 Å². The number of hydrogen-bond acceptors (Lipinski definition) is 5. The van der Waals surface area contributed by atoms with Crippen molar-refractivity contribution in [2.24, 2.45) is 7.05 Å². The van der Waals surface area contributed by atoms with Gasteiger partial charge in [-0.3, -0.25) is 4.68 Å². The maximum atomic E-state index is 11.1. The van der Waals surface area contributed by atoms with Gasteiger partial charge in [0.1, 0.15) is 0 Å². The summed E-state index contributed by atoms with van der Waals surface area (Å²) in [4.78, 5) is 11.1. The van der Waals surface area contributed by atoms with Crippen LogP contribution >= 0.6 is 15.9 Å². The molecule has 22 heavy (non-hydrogen) atoms. The van der Waals surface area contributed by atoms with E-state index in [0.29, 0.717) is 33.0 Å². The smallest absolute Gasteiger partial charge is 0.356 e. The Kier molecular flexibility index (Phi) is 4.60. The Morgan fingerprint density at radius 1 is 1.18 bits per heavy atom. The van der Waals surface area contributed by atoms with Crippen LogP contribution < -0.4 is 14.2 Å². The highest BCUT2D eigenvalue weighted by Crippen LogP contribution is 2.48. The molecule has 0 aliphatic rings. The molecule has 0 radical (unpaired) electrons. The van der Waals surface area contributed by atoms with Crippen molar-refractivity contribution in [1.82, 2.24) is 9.78 Å². The Bertz CT molecular complexity index is 727. The lowest BCUT2D eigenvalue weighted by Crippen LogP contribution is -2.01. The van der Waals surface area contributed by atoms with E-state index in [1.807, 2.05) is 0 Å². The number of benzene rings is 1. The topological polar surface area (TPSA) is 82.8 Å². The number of nitrogens with zero attached hydrogens (tertiary/aromatic N) is 2. The van der Waals surface area contributed by atoms with Gasteiger partial charge in [0, 0.05) is 11.5 Å². The van der Waals surface area contributed by atoms with E-state index in [1.54, 1.807) is 13.1 Å². The number of carboxylic acids is 1. The Balaban J connectivity index is 2.77. The maximum absolute atomic E-state index is 11.1. The van der Waals surface area contributed by atoms with E-state index in [1.165, 1.54) is 32.1 Å². The molecule has 0 aliphatic carbocycles. The first-order chi connectivity index (χ1) is 10.4. The third-order valence-corrected chi connectivity index (χ3v) is 3.76. The van der Waals surface area contributed by atoms with Crippen LogP contribution in [0.5, 0.6) is 17.2 Å². The van der Waals surface area contributed by atoms with Crippen molar-refractivity contribution in [2.45, 2.75) is 0 Å². The number of rotatable bonds is 5. The molecule has 1 N–H and O–H groups in total. The van der Waals surface area contributed by atoms with E-state index in [0.717, 1.165) is 0 Å². The summed E-state index contributed by atoms with van der Waals surface area (Å²) in [5.74, 6) is 0.239. The first kappa shape index (κ1) is 16.2. The number of aromatic nitrogens is 2. The van der Waals surface area contributed by atoms with E-state index >= 15 is 0 Å². The average Bonchev–Trinajstić information content (AvgIpc) is 2.87. The van der Waals surface area contributed by atoms with Crippen LogP contribution in [0.1, 0.15) is 10.5 Å². The van der Waals surface area contributed by atoms with Gasteiger partial charge >= 0.3 is 5.97 Å². The molecular weight excluding hydrogens is 356 g/mol. The number of aromatic carboxylic acids is 1. The second kappa shape index (κ2) is 6.27. The van der Waals surface area contributed by atoms with Crippen molar-refractivity contribution in [3.8, 4) is 28.5 Å². The van der Waals surface area contributed by atoms with Gasteiger partial charge in [0.25, 0.3) is 0 Å². The number of carboxylic acid groups (broad SMARTS) is 1. The number of aryl methyl sites for hydroxylation is 1. The van der Waals surface area contributed by atoms with Crippen molar-refractivity contribution >= 4 is 21.9 Å². The van der Waals surface area contributed by atoms with E-state index in [2.05, 4.69) is 21.0 Å². The van der Waals surface area contributed by atoms with Crippen LogP contribution in [-0.4, -0.2) is 42.2 Å². The Morgan fingerprint density at radius 2 is 1.82 bits per heavy atom. The normalized spacial score (nSPS) is 10.4. The quantitative estimate of drug-likeness (QED) is 0.870. The summed E-state index contributed by atoms with van der Waals surface area (Å²) in [6.07, 6.45) is 0. The van der Waals surface area contributed by atoms with E-state index in [-0.39, 0.29) is 5.69 Å². The second-order valence-corrected chi connectivity index (χ2v) is 5.20. The molecule has 1 heterocycles. The molecule has 0 amide bonds. The van der Waals surface area contributed by atoms with Gasteiger partial charge in [0.2, 0.25) is 5.75 Å². The molecule has 2 rings (SSSR count). The van der Waals surface area contributed by atoms with Gasteiger partial charge in [-0.2, -0.15) is 5.10 Å². The molecule has 0 fully saturated rings. The highest BCUT2D eigenvalue weighted by Gasteiger charge is 2.24. The highest BCUT2D eigenvalue weighted by atomic mass is 79.9. The van der Waals surface area contributed by atoms with Crippen LogP contribution in [0.2, 0.25) is 0 Å². The van der Waals surface area contributed by atoms with E-state index < -0.39 is 5.97 Å². The summed E-state index contributed by atoms with van der Waals surface area (Å²) >= 11 is 3.46. The fraction of sp³-hybridized carbons (Fsp3) is 0.286. The largest absolute Gasteiger partial charge is 0.493 e. The molecule has 0 aliphatic heterocycles. The van der Waals surface area contributed by atoms with Gasteiger partial charge in [0.15, 0.2) is 17.2 Å². The van der Waals surface area contributed by atoms with E-state index in [9.17, 15) is 4.79 Å². The predicted octanol–water partition coefficient (Wildman–Crippen LogP) is 2.57. The third-order valence-electron chi connectivity index (χ3n) is 3.14. The van der Waals surface area contributed by atoms with Crippen LogP contribution in [0.25, 0.3) is 11.3 Å². The lowest BCUT2D eigenvalue weighted by Gasteiger charge is -2.17. The number of carbonyl (C=O) groups is 1. The van der Waals surface area contributed by atoms with Gasteiger partial charge in [-0.1, -0.05) is 0 Å². The fourth-order valence-corrected chi connectivity index (χ4v) is 2.76. The van der Waals surface area contributed by atoms with Crippen molar-refractivity contribution in [2.75, 3.05) is 21.3 Å². The molecule has 2 aromatic rings. The number of halogens is 1. The maximum Gasteiger partial charge on any atom is 0.356 e. The molecular formula is C14H15BrN2O5. The molecule has 1 aromatic heterocycles. The minimum Gasteiger partial charge on any atom is -0.493 e. The van der Waals surface area contributed by atoms with Gasteiger partial charge < -0.3 is 19.3 Å². The summed E-state index contributed by atoms with van der Waals surface area (Å²) in [5.41, 5.74) is 1.14. The summed E-state index contributed by atoms with van der Waals surface area (Å²) in [6.45, 7) is 0. The zero-order valence-electron chi connectivity index (χ0n) is 12.5. The molecule has 1 aromatic carbocycles. The molecule has 0 saturated carbocycles. The standard InChI is InChI=1S/C14H15BrN2O5/c1-17-9(6-8(16-17)14(18)19)11-7(15)5-10(20-2)12(21-3)13(11)22-4/h5-6H,1-4H3,(H,18,19). The zero-order chi connectivity index (χ0) is 16.4. The lowest BCUT2D eigenvalue weighted by molar-refractivity contribution is 0.0689. The molecule has 8 heteroatoms. The summed E-state index contributed by atoms with van der Waals surface area (Å²) in [6, 6.07) is 3.20. The zero-order valence-corrected chi connectivity index (χ0v) is 14.1.